The molecule has 0 bridgehead atoms. The Bertz CT molecular complexity index is 523. The molecule has 4 nitrogen and oxygen atoms in total. The Labute approximate surface area is 139 Å². The molecule has 1 heterocycles. The van der Waals surface area contributed by atoms with Crippen molar-refractivity contribution in [2.45, 2.75) is 45.3 Å². The van der Waals surface area contributed by atoms with Crippen LogP contribution in [0, 0.1) is 0 Å². The quantitative estimate of drug-likeness (QED) is 0.611. The highest BCUT2D eigenvalue weighted by molar-refractivity contribution is 5.90. The van der Waals surface area contributed by atoms with Crippen LogP contribution in [-0.2, 0) is 9.47 Å². The Morgan fingerprint density at radius 2 is 1.87 bits per heavy atom. The molecule has 0 aromatic heterocycles. The second-order valence-electron chi connectivity index (χ2n) is 6.86. The summed E-state index contributed by atoms with van der Waals surface area (Å²) >= 11 is 0. The van der Waals surface area contributed by atoms with E-state index in [0.29, 0.717) is 18.3 Å². The molecule has 0 N–H and O–H groups in total. The third kappa shape index (κ3) is 5.39. The molecule has 4 heteroatoms. The topological polar surface area (TPSA) is 38.8 Å². The van der Waals surface area contributed by atoms with Gasteiger partial charge in [-0.2, -0.15) is 0 Å². The number of carbonyl (C=O) groups is 1. The zero-order valence-electron chi connectivity index (χ0n) is 14.4. The van der Waals surface area contributed by atoms with Crippen molar-refractivity contribution in [3.8, 4) is 0 Å². The number of hydrogen-bond donors (Lipinski definition) is 0. The number of anilines is 1. The first-order valence-corrected chi connectivity index (χ1v) is 8.20. The van der Waals surface area contributed by atoms with Crippen LogP contribution in [0.5, 0.6) is 0 Å². The van der Waals surface area contributed by atoms with Gasteiger partial charge in [0.1, 0.15) is 5.60 Å². The fourth-order valence-electron chi connectivity index (χ4n) is 2.63. The van der Waals surface area contributed by atoms with Crippen LogP contribution in [-0.4, -0.2) is 37.4 Å². The van der Waals surface area contributed by atoms with E-state index in [0.717, 1.165) is 31.6 Å². The first-order chi connectivity index (χ1) is 10.9. The minimum Gasteiger partial charge on any atom is -0.456 e. The average Bonchev–Trinajstić information content (AvgIpc) is 2.52. The van der Waals surface area contributed by atoms with E-state index in [-0.39, 0.29) is 5.97 Å². The Morgan fingerprint density at radius 1 is 1.26 bits per heavy atom. The summed E-state index contributed by atoms with van der Waals surface area (Å²) in [6.45, 7) is 11.8. The van der Waals surface area contributed by atoms with Gasteiger partial charge in [0.05, 0.1) is 18.3 Å². The van der Waals surface area contributed by atoms with Crippen LogP contribution in [0.1, 0.15) is 44.0 Å². The zero-order valence-corrected chi connectivity index (χ0v) is 14.4. The van der Waals surface area contributed by atoms with Gasteiger partial charge in [0.2, 0.25) is 0 Å². The number of hydrogen-bond acceptors (Lipinski definition) is 4. The van der Waals surface area contributed by atoms with Crippen LogP contribution in [0.4, 0.5) is 5.69 Å². The maximum Gasteiger partial charge on any atom is 0.338 e. The molecule has 0 spiro atoms. The number of benzene rings is 1. The summed E-state index contributed by atoms with van der Waals surface area (Å²) in [4.78, 5) is 14.4. The van der Waals surface area contributed by atoms with E-state index in [4.69, 9.17) is 9.47 Å². The number of esters is 1. The molecule has 1 aromatic rings. The molecule has 23 heavy (non-hydrogen) atoms. The van der Waals surface area contributed by atoms with Crippen LogP contribution in [0.25, 0.3) is 0 Å². The van der Waals surface area contributed by atoms with Gasteiger partial charge in [0.15, 0.2) is 0 Å². The molecule has 1 saturated heterocycles. The predicted molar refractivity (Wildman–Crippen MR) is 93.0 cm³/mol. The Kier molecular flexibility index (Phi) is 5.83. The summed E-state index contributed by atoms with van der Waals surface area (Å²) in [7, 11) is 0. The summed E-state index contributed by atoms with van der Waals surface area (Å²) in [5, 5.41) is 0. The highest BCUT2D eigenvalue weighted by Crippen LogP contribution is 2.22. The van der Waals surface area contributed by atoms with Crippen molar-refractivity contribution in [3.05, 3.63) is 42.5 Å². The van der Waals surface area contributed by atoms with E-state index in [1.807, 2.05) is 45.0 Å². The van der Waals surface area contributed by atoms with Crippen molar-refractivity contribution < 1.29 is 14.3 Å². The predicted octanol–water partition coefficient (Wildman–Crippen LogP) is 3.81. The molecule has 2 rings (SSSR count). The smallest absolute Gasteiger partial charge is 0.338 e. The van der Waals surface area contributed by atoms with Crippen molar-refractivity contribution >= 4 is 11.7 Å². The molecule has 0 saturated carbocycles. The molecule has 0 unspecified atom stereocenters. The summed E-state index contributed by atoms with van der Waals surface area (Å²) in [5.41, 5.74) is 1.26. The molecule has 0 radical (unpaired) electrons. The van der Waals surface area contributed by atoms with Crippen molar-refractivity contribution in [1.82, 2.24) is 0 Å². The van der Waals surface area contributed by atoms with Crippen LogP contribution in [0.15, 0.2) is 36.9 Å². The second-order valence-corrected chi connectivity index (χ2v) is 6.86. The van der Waals surface area contributed by atoms with E-state index in [1.165, 1.54) is 0 Å². The largest absolute Gasteiger partial charge is 0.456 e. The first kappa shape index (κ1) is 17.5. The van der Waals surface area contributed by atoms with E-state index >= 15 is 0 Å². The fraction of sp³-hybridized carbons (Fsp3) is 0.526. The number of nitrogens with zero attached hydrogens (tertiary/aromatic N) is 1. The first-order valence-electron chi connectivity index (χ1n) is 8.20. The van der Waals surface area contributed by atoms with Gasteiger partial charge in [-0.05, 0) is 57.9 Å². The second kappa shape index (κ2) is 7.64. The van der Waals surface area contributed by atoms with Crippen LogP contribution >= 0.6 is 0 Å². The van der Waals surface area contributed by atoms with Gasteiger partial charge in [0, 0.05) is 18.8 Å². The summed E-state index contributed by atoms with van der Waals surface area (Å²) in [6.07, 6.45) is 4.15. The third-order valence-corrected chi connectivity index (χ3v) is 3.76. The lowest BCUT2D eigenvalue weighted by atomic mass is 10.1. The van der Waals surface area contributed by atoms with Gasteiger partial charge >= 0.3 is 5.97 Å². The molecular weight excluding hydrogens is 290 g/mol. The molecule has 1 aromatic carbocycles. The Hall–Kier alpha value is -1.81. The number of ether oxygens (including phenoxy) is 2. The van der Waals surface area contributed by atoms with Gasteiger partial charge in [-0.25, -0.2) is 4.79 Å². The lowest BCUT2D eigenvalue weighted by Crippen LogP contribution is -2.37. The normalized spacial score (nSPS) is 16.2. The van der Waals surface area contributed by atoms with Crippen LogP contribution in [0.3, 0.4) is 0 Å². The number of carbonyl (C=O) groups excluding carboxylic acids is 1. The third-order valence-electron chi connectivity index (χ3n) is 3.76. The van der Waals surface area contributed by atoms with E-state index in [1.54, 1.807) is 6.08 Å². The maximum atomic E-state index is 12.0. The van der Waals surface area contributed by atoms with Gasteiger partial charge in [-0.15, -0.1) is 6.58 Å². The molecule has 1 fully saturated rings. The lowest BCUT2D eigenvalue weighted by molar-refractivity contribution is 0.00695. The van der Waals surface area contributed by atoms with Gasteiger partial charge in [0.25, 0.3) is 0 Å². The monoisotopic (exact) mass is 317 g/mol. The molecule has 1 aliphatic rings. The lowest BCUT2D eigenvalue weighted by Gasteiger charge is -2.33. The van der Waals surface area contributed by atoms with Gasteiger partial charge in [-0.3, -0.25) is 0 Å². The van der Waals surface area contributed by atoms with E-state index in [2.05, 4.69) is 11.5 Å². The van der Waals surface area contributed by atoms with E-state index < -0.39 is 5.60 Å². The molecule has 0 atom stereocenters. The van der Waals surface area contributed by atoms with Crippen LogP contribution in [0.2, 0.25) is 0 Å². The Morgan fingerprint density at radius 3 is 2.39 bits per heavy atom. The Balaban J connectivity index is 1.90. The fourth-order valence-corrected chi connectivity index (χ4v) is 2.63. The van der Waals surface area contributed by atoms with Crippen molar-refractivity contribution in [1.29, 1.82) is 0 Å². The minimum absolute atomic E-state index is 0.277. The highest BCUT2D eigenvalue weighted by atomic mass is 16.6. The molecule has 1 aliphatic heterocycles. The minimum atomic E-state index is -0.469. The standard InChI is InChI=1S/C19H27NO3/c1-5-14-22-17-10-12-20(13-11-17)16-8-6-15(7-9-16)18(21)23-19(2,3)4/h5-9,17H,1,10-14H2,2-4H3. The zero-order chi connectivity index (χ0) is 16.9. The van der Waals surface area contributed by atoms with Crippen molar-refractivity contribution in [2.75, 3.05) is 24.6 Å². The van der Waals surface area contributed by atoms with Gasteiger partial charge in [-0.1, -0.05) is 6.08 Å². The summed E-state index contributed by atoms with van der Waals surface area (Å²) < 4.78 is 11.1. The van der Waals surface area contributed by atoms with E-state index in [9.17, 15) is 4.79 Å². The maximum absolute atomic E-state index is 12.0. The van der Waals surface area contributed by atoms with Crippen molar-refractivity contribution in [3.63, 3.8) is 0 Å². The summed E-state index contributed by atoms with van der Waals surface area (Å²) in [5.74, 6) is -0.277. The SMILES string of the molecule is C=CCOC1CCN(c2ccc(C(=O)OC(C)(C)C)cc2)CC1. The van der Waals surface area contributed by atoms with Crippen molar-refractivity contribution in [2.24, 2.45) is 0 Å². The highest BCUT2D eigenvalue weighted by Gasteiger charge is 2.21. The number of rotatable bonds is 5. The number of piperidine rings is 1. The summed E-state index contributed by atoms with van der Waals surface area (Å²) in [6, 6.07) is 7.65. The average molecular weight is 317 g/mol. The van der Waals surface area contributed by atoms with Crippen LogP contribution < -0.4 is 4.90 Å². The molecule has 0 aliphatic carbocycles. The molecule has 0 amide bonds. The molecular formula is C19H27NO3. The van der Waals surface area contributed by atoms with Gasteiger partial charge < -0.3 is 14.4 Å². The molecule has 126 valence electrons.